The lowest BCUT2D eigenvalue weighted by Gasteiger charge is -2.20. The van der Waals surface area contributed by atoms with Crippen molar-refractivity contribution >= 4 is 27.3 Å². The third-order valence-electron chi connectivity index (χ3n) is 3.79. The van der Waals surface area contributed by atoms with E-state index in [1.54, 1.807) is 24.3 Å². The summed E-state index contributed by atoms with van der Waals surface area (Å²) in [5, 5.41) is 2.82. The van der Waals surface area contributed by atoms with E-state index in [1.807, 2.05) is 0 Å². The van der Waals surface area contributed by atoms with Crippen LogP contribution < -0.4 is 9.62 Å². The molecule has 0 atom stereocenters. The Morgan fingerprint density at radius 2 is 2.00 bits per heavy atom. The van der Waals surface area contributed by atoms with Crippen LogP contribution >= 0.6 is 0 Å². The molecule has 0 saturated carbocycles. The fourth-order valence-corrected chi connectivity index (χ4v) is 3.01. The molecule has 0 radical (unpaired) electrons. The molecule has 0 saturated heterocycles. The molecule has 0 heterocycles. The Kier molecular flexibility index (Phi) is 5.24. The lowest BCUT2D eigenvalue weighted by atomic mass is 9.97. The SMILES string of the molecule is CN(c1ccccc1NC(=O)CC1=CCCCC1)S(C)(=O)=O. The smallest absolute Gasteiger partial charge is 0.232 e. The molecule has 120 valence electrons. The largest absolute Gasteiger partial charge is 0.324 e. The number of hydrogen-bond donors (Lipinski definition) is 1. The van der Waals surface area contributed by atoms with Gasteiger partial charge in [0.1, 0.15) is 0 Å². The number of nitrogens with one attached hydrogen (secondary N) is 1. The maximum Gasteiger partial charge on any atom is 0.232 e. The molecule has 22 heavy (non-hydrogen) atoms. The van der Waals surface area contributed by atoms with Gasteiger partial charge in [-0.3, -0.25) is 9.10 Å². The van der Waals surface area contributed by atoms with Gasteiger partial charge in [0.2, 0.25) is 15.9 Å². The van der Waals surface area contributed by atoms with Crippen molar-refractivity contribution in [2.24, 2.45) is 0 Å². The van der Waals surface area contributed by atoms with E-state index in [1.165, 1.54) is 17.8 Å². The fourth-order valence-electron chi connectivity index (χ4n) is 2.50. The van der Waals surface area contributed by atoms with Crippen LogP contribution in [0.4, 0.5) is 11.4 Å². The van der Waals surface area contributed by atoms with Crippen molar-refractivity contribution < 1.29 is 13.2 Å². The van der Waals surface area contributed by atoms with Gasteiger partial charge in [0.05, 0.1) is 17.6 Å². The molecular weight excluding hydrogens is 300 g/mol. The number of allylic oxidation sites excluding steroid dienone is 1. The Bertz CT molecular complexity index is 680. The van der Waals surface area contributed by atoms with Crippen LogP contribution in [0.1, 0.15) is 32.1 Å². The monoisotopic (exact) mass is 322 g/mol. The Hall–Kier alpha value is -1.82. The van der Waals surface area contributed by atoms with E-state index in [9.17, 15) is 13.2 Å². The van der Waals surface area contributed by atoms with Crippen molar-refractivity contribution in [3.05, 3.63) is 35.9 Å². The first-order valence-corrected chi connectivity index (χ1v) is 9.23. The number of anilines is 2. The van der Waals surface area contributed by atoms with Crippen LogP contribution in [0.25, 0.3) is 0 Å². The van der Waals surface area contributed by atoms with Crippen molar-refractivity contribution in [2.45, 2.75) is 32.1 Å². The van der Waals surface area contributed by atoms with E-state index < -0.39 is 10.0 Å². The molecule has 0 aliphatic heterocycles. The molecular formula is C16H22N2O3S. The zero-order valence-electron chi connectivity index (χ0n) is 13.0. The number of hydrogen-bond acceptors (Lipinski definition) is 3. The first-order chi connectivity index (χ1) is 10.4. The number of carbonyl (C=O) groups excluding carboxylic acids is 1. The van der Waals surface area contributed by atoms with Crippen LogP contribution in [-0.4, -0.2) is 27.6 Å². The summed E-state index contributed by atoms with van der Waals surface area (Å²) in [6, 6.07) is 6.91. The molecule has 1 aromatic rings. The number of nitrogens with zero attached hydrogens (tertiary/aromatic N) is 1. The third-order valence-corrected chi connectivity index (χ3v) is 4.98. The van der Waals surface area contributed by atoms with Crippen LogP contribution in [0.3, 0.4) is 0 Å². The summed E-state index contributed by atoms with van der Waals surface area (Å²) in [5.74, 6) is -0.109. The summed E-state index contributed by atoms with van der Waals surface area (Å²) < 4.78 is 24.6. The molecule has 0 unspecified atom stereocenters. The van der Waals surface area contributed by atoms with Gasteiger partial charge in [-0.05, 0) is 37.8 Å². The minimum Gasteiger partial charge on any atom is -0.324 e. The second-order valence-corrected chi connectivity index (χ2v) is 7.59. The predicted molar refractivity (Wildman–Crippen MR) is 89.5 cm³/mol. The van der Waals surface area contributed by atoms with E-state index in [2.05, 4.69) is 11.4 Å². The molecule has 0 fully saturated rings. The van der Waals surface area contributed by atoms with Gasteiger partial charge in [0, 0.05) is 13.5 Å². The maximum absolute atomic E-state index is 12.2. The maximum atomic E-state index is 12.2. The van der Waals surface area contributed by atoms with Gasteiger partial charge in [0.25, 0.3) is 0 Å². The van der Waals surface area contributed by atoms with Crippen molar-refractivity contribution in [1.29, 1.82) is 0 Å². The highest BCUT2D eigenvalue weighted by Gasteiger charge is 2.17. The van der Waals surface area contributed by atoms with Gasteiger partial charge in [0.15, 0.2) is 0 Å². The summed E-state index contributed by atoms with van der Waals surface area (Å²) in [5.41, 5.74) is 2.14. The van der Waals surface area contributed by atoms with E-state index in [-0.39, 0.29) is 5.91 Å². The topological polar surface area (TPSA) is 66.5 Å². The van der Waals surface area contributed by atoms with Crippen molar-refractivity contribution in [3.8, 4) is 0 Å². The van der Waals surface area contributed by atoms with E-state index in [4.69, 9.17) is 0 Å². The minimum atomic E-state index is -3.37. The second-order valence-electron chi connectivity index (χ2n) is 5.58. The Balaban J connectivity index is 2.12. The van der Waals surface area contributed by atoms with Gasteiger partial charge in [-0.15, -0.1) is 0 Å². The van der Waals surface area contributed by atoms with Crippen LogP contribution in [0.2, 0.25) is 0 Å². The summed E-state index contributed by atoms with van der Waals surface area (Å²) in [6.07, 6.45) is 7.97. The highest BCUT2D eigenvalue weighted by Crippen LogP contribution is 2.27. The van der Waals surface area contributed by atoms with Crippen molar-refractivity contribution in [3.63, 3.8) is 0 Å². The number of para-hydroxylation sites is 2. The molecule has 2 rings (SSSR count). The van der Waals surface area contributed by atoms with Crippen LogP contribution in [0, 0.1) is 0 Å². The zero-order chi connectivity index (χ0) is 16.2. The first-order valence-electron chi connectivity index (χ1n) is 7.38. The number of sulfonamides is 1. The van der Waals surface area contributed by atoms with E-state index in [0.29, 0.717) is 17.8 Å². The van der Waals surface area contributed by atoms with Gasteiger partial charge in [-0.2, -0.15) is 0 Å². The van der Waals surface area contributed by atoms with Crippen LogP contribution in [0.5, 0.6) is 0 Å². The predicted octanol–water partition coefficient (Wildman–Crippen LogP) is 2.91. The lowest BCUT2D eigenvalue weighted by molar-refractivity contribution is -0.115. The van der Waals surface area contributed by atoms with Crippen molar-refractivity contribution in [2.75, 3.05) is 22.9 Å². The Morgan fingerprint density at radius 3 is 2.64 bits per heavy atom. The second kappa shape index (κ2) is 6.96. The summed E-state index contributed by atoms with van der Waals surface area (Å²) in [4.78, 5) is 12.2. The molecule has 0 spiro atoms. The number of rotatable bonds is 5. The lowest BCUT2D eigenvalue weighted by Crippen LogP contribution is -2.26. The molecule has 1 aliphatic rings. The molecule has 1 aromatic carbocycles. The highest BCUT2D eigenvalue weighted by molar-refractivity contribution is 7.92. The zero-order valence-corrected chi connectivity index (χ0v) is 13.8. The average Bonchev–Trinajstić information content (AvgIpc) is 2.47. The first kappa shape index (κ1) is 16.5. The fraction of sp³-hybridized carbons (Fsp3) is 0.438. The number of amides is 1. The van der Waals surface area contributed by atoms with E-state index >= 15 is 0 Å². The normalized spacial score (nSPS) is 15.1. The van der Waals surface area contributed by atoms with Gasteiger partial charge in [-0.1, -0.05) is 23.8 Å². The Morgan fingerprint density at radius 1 is 1.27 bits per heavy atom. The summed E-state index contributed by atoms with van der Waals surface area (Å²) >= 11 is 0. The van der Waals surface area contributed by atoms with E-state index in [0.717, 1.165) is 31.1 Å². The molecule has 0 aromatic heterocycles. The molecule has 5 nitrogen and oxygen atoms in total. The Labute approximate surface area is 132 Å². The molecule has 6 heteroatoms. The molecule has 1 aliphatic carbocycles. The average molecular weight is 322 g/mol. The number of carbonyl (C=O) groups is 1. The third kappa shape index (κ3) is 4.34. The molecule has 0 bridgehead atoms. The standard InChI is InChI=1S/C16H22N2O3S/c1-18(22(2,20)21)15-11-7-6-10-14(15)17-16(19)12-13-8-4-3-5-9-13/h6-8,10-11H,3-5,9,12H2,1-2H3,(H,17,19). The van der Waals surface area contributed by atoms with Gasteiger partial charge < -0.3 is 5.32 Å². The highest BCUT2D eigenvalue weighted by atomic mass is 32.2. The summed E-state index contributed by atoms with van der Waals surface area (Å²) in [6.45, 7) is 0. The molecule has 1 amide bonds. The van der Waals surface area contributed by atoms with Crippen LogP contribution in [-0.2, 0) is 14.8 Å². The van der Waals surface area contributed by atoms with Crippen LogP contribution in [0.15, 0.2) is 35.9 Å². The van der Waals surface area contributed by atoms with Crippen molar-refractivity contribution in [1.82, 2.24) is 0 Å². The quantitative estimate of drug-likeness (QED) is 0.848. The van der Waals surface area contributed by atoms with Gasteiger partial charge >= 0.3 is 0 Å². The molecule has 1 N–H and O–H groups in total. The minimum absolute atomic E-state index is 0.109. The van der Waals surface area contributed by atoms with Gasteiger partial charge in [-0.25, -0.2) is 8.42 Å². The summed E-state index contributed by atoms with van der Waals surface area (Å²) in [7, 11) is -1.89. The number of benzene rings is 1.